The summed E-state index contributed by atoms with van der Waals surface area (Å²) in [5.41, 5.74) is 0.782. The van der Waals surface area contributed by atoms with E-state index < -0.39 is 16.0 Å². The molecule has 1 aliphatic carbocycles. The summed E-state index contributed by atoms with van der Waals surface area (Å²) >= 11 is 0. The van der Waals surface area contributed by atoms with Crippen molar-refractivity contribution in [3.63, 3.8) is 0 Å². The predicted molar refractivity (Wildman–Crippen MR) is 85.0 cm³/mol. The molecule has 7 heteroatoms. The Kier molecular flexibility index (Phi) is 3.99. The fourth-order valence-corrected chi connectivity index (χ4v) is 4.07. The maximum absolute atomic E-state index is 12.5. The van der Waals surface area contributed by atoms with E-state index in [9.17, 15) is 13.2 Å². The summed E-state index contributed by atoms with van der Waals surface area (Å²) in [7, 11) is -3.65. The highest BCUT2D eigenvalue weighted by atomic mass is 32.2. The van der Waals surface area contributed by atoms with Crippen molar-refractivity contribution in [3.8, 4) is 0 Å². The molecule has 0 bridgehead atoms. The molecule has 0 fully saturated rings. The van der Waals surface area contributed by atoms with Gasteiger partial charge in [0, 0.05) is 17.0 Å². The average molecular weight is 335 g/mol. The van der Waals surface area contributed by atoms with E-state index in [1.165, 1.54) is 18.2 Å². The van der Waals surface area contributed by atoms with Gasteiger partial charge in [-0.05, 0) is 44.4 Å². The monoisotopic (exact) mass is 335 g/mol. The number of hydrogen-bond acceptors (Lipinski definition) is 4. The van der Waals surface area contributed by atoms with Crippen LogP contribution in [0.2, 0.25) is 0 Å². The average Bonchev–Trinajstić information content (AvgIpc) is 2.85. The molecule has 1 aliphatic rings. The van der Waals surface area contributed by atoms with Crippen molar-refractivity contribution in [2.45, 2.75) is 37.1 Å². The van der Waals surface area contributed by atoms with Gasteiger partial charge in [-0.2, -0.15) is 0 Å². The molecule has 0 aliphatic heterocycles. The first-order valence-electron chi connectivity index (χ1n) is 7.32. The second-order valence-electron chi connectivity index (χ2n) is 5.62. The molecule has 1 heterocycles. The molecule has 0 saturated heterocycles. The van der Waals surface area contributed by atoms with E-state index >= 15 is 0 Å². The van der Waals surface area contributed by atoms with E-state index in [2.05, 4.69) is 4.72 Å². The van der Waals surface area contributed by atoms with Gasteiger partial charge in [0.1, 0.15) is 5.58 Å². The molecule has 2 N–H and O–H groups in total. The van der Waals surface area contributed by atoms with Crippen molar-refractivity contribution in [1.82, 2.24) is 4.72 Å². The minimum Gasteiger partial charge on any atom is -0.475 e. The zero-order valence-electron chi connectivity index (χ0n) is 12.6. The number of nitrogens with one attached hydrogen (secondary N) is 1. The van der Waals surface area contributed by atoms with Crippen LogP contribution in [0.5, 0.6) is 0 Å². The van der Waals surface area contributed by atoms with Crippen LogP contribution < -0.4 is 4.72 Å². The summed E-state index contributed by atoms with van der Waals surface area (Å²) in [6.45, 7) is 1.60. The minimum absolute atomic E-state index is 0.110. The Morgan fingerprint density at radius 3 is 2.78 bits per heavy atom. The molecule has 23 heavy (non-hydrogen) atoms. The lowest BCUT2D eigenvalue weighted by atomic mass is 10.0. The van der Waals surface area contributed by atoms with Gasteiger partial charge in [0.25, 0.3) is 0 Å². The third-order valence-electron chi connectivity index (χ3n) is 4.00. The lowest BCUT2D eigenvalue weighted by molar-refractivity contribution is 0.0664. The Morgan fingerprint density at radius 2 is 2.13 bits per heavy atom. The number of benzene rings is 1. The quantitative estimate of drug-likeness (QED) is 0.838. The molecular formula is C16H17NO5S. The van der Waals surface area contributed by atoms with Gasteiger partial charge in [-0.1, -0.05) is 12.2 Å². The van der Waals surface area contributed by atoms with Gasteiger partial charge >= 0.3 is 5.97 Å². The molecule has 0 spiro atoms. The van der Waals surface area contributed by atoms with Gasteiger partial charge in [0.05, 0.1) is 4.90 Å². The lowest BCUT2D eigenvalue weighted by Crippen LogP contribution is -2.35. The summed E-state index contributed by atoms with van der Waals surface area (Å²) in [5.74, 6) is -1.34. The number of allylic oxidation sites excluding steroid dienone is 1. The molecule has 122 valence electrons. The molecule has 6 nitrogen and oxygen atoms in total. The Morgan fingerprint density at radius 1 is 1.35 bits per heavy atom. The highest BCUT2D eigenvalue weighted by Gasteiger charge is 2.23. The van der Waals surface area contributed by atoms with E-state index in [0.29, 0.717) is 23.0 Å². The fraction of sp³-hybridized carbons (Fsp3) is 0.312. The summed E-state index contributed by atoms with van der Waals surface area (Å²) < 4.78 is 33.0. The van der Waals surface area contributed by atoms with Crippen LogP contribution in [0.15, 0.2) is 39.7 Å². The lowest BCUT2D eigenvalue weighted by Gasteiger charge is -2.19. The third kappa shape index (κ3) is 3.02. The number of hydrogen-bond donors (Lipinski definition) is 2. The van der Waals surface area contributed by atoms with E-state index in [1.54, 1.807) is 6.92 Å². The number of aryl methyl sites for hydroxylation is 1. The van der Waals surface area contributed by atoms with Crippen molar-refractivity contribution in [2.24, 2.45) is 0 Å². The van der Waals surface area contributed by atoms with E-state index in [4.69, 9.17) is 9.52 Å². The second kappa shape index (κ2) is 5.82. The van der Waals surface area contributed by atoms with Gasteiger partial charge in [-0.15, -0.1) is 0 Å². The van der Waals surface area contributed by atoms with Crippen LogP contribution in [0.25, 0.3) is 11.0 Å². The van der Waals surface area contributed by atoms with E-state index in [-0.39, 0.29) is 16.7 Å². The van der Waals surface area contributed by atoms with Crippen LogP contribution in [-0.4, -0.2) is 25.5 Å². The van der Waals surface area contributed by atoms with Crippen molar-refractivity contribution in [2.75, 3.05) is 0 Å². The number of carbonyl (C=O) groups is 1. The molecule has 3 rings (SSSR count). The van der Waals surface area contributed by atoms with Gasteiger partial charge in [-0.25, -0.2) is 17.9 Å². The van der Waals surface area contributed by atoms with E-state index in [0.717, 1.165) is 12.8 Å². The number of rotatable bonds is 4. The van der Waals surface area contributed by atoms with Crippen LogP contribution in [0.3, 0.4) is 0 Å². The van der Waals surface area contributed by atoms with Gasteiger partial charge in [0.15, 0.2) is 0 Å². The molecule has 1 aromatic carbocycles. The maximum Gasteiger partial charge on any atom is 0.372 e. The number of furan rings is 1. The van der Waals surface area contributed by atoms with Crippen LogP contribution in [0.1, 0.15) is 35.4 Å². The SMILES string of the molecule is Cc1c(C(=O)O)oc2ccc(S(=O)(=O)NC3CC=CCC3)cc12. The highest BCUT2D eigenvalue weighted by Crippen LogP contribution is 2.28. The van der Waals surface area contributed by atoms with E-state index in [1.807, 2.05) is 12.2 Å². The standard InChI is InChI=1S/C16H17NO5S/c1-10-13-9-12(7-8-14(13)22-15(10)16(18)19)23(20,21)17-11-5-3-2-4-6-11/h2-3,7-9,11,17H,4-6H2,1H3,(H,18,19). The molecule has 2 aromatic rings. The largest absolute Gasteiger partial charge is 0.475 e. The van der Waals surface area contributed by atoms with Crippen LogP contribution in [-0.2, 0) is 10.0 Å². The number of carboxylic acid groups (broad SMARTS) is 1. The normalized spacial score (nSPS) is 18.4. The second-order valence-corrected chi connectivity index (χ2v) is 7.34. The van der Waals surface area contributed by atoms with Crippen LogP contribution in [0.4, 0.5) is 0 Å². The zero-order valence-corrected chi connectivity index (χ0v) is 13.4. The van der Waals surface area contributed by atoms with Crippen LogP contribution in [0, 0.1) is 6.92 Å². The first kappa shape index (κ1) is 15.8. The van der Waals surface area contributed by atoms with Gasteiger partial charge in [0.2, 0.25) is 15.8 Å². The Labute approximate surface area is 133 Å². The molecule has 1 atom stereocenters. The summed E-state index contributed by atoms with van der Waals surface area (Å²) in [6.07, 6.45) is 6.31. The number of fused-ring (bicyclic) bond motifs is 1. The Balaban J connectivity index is 1.97. The summed E-state index contributed by atoms with van der Waals surface area (Å²) in [5, 5.41) is 9.58. The van der Waals surface area contributed by atoms with Crippen molar-refractivity contribution < 1.29 is 22.7 Å². The van der Waals surface area contributed by atoms with Crippen molar-refractivity contribution in [1.29, 1.82) is 0 Å². The smallest absolute Gasteiger partial charge is 0.372 e. The molecule has 1 aromatic heterocycles. The predicted octanol–water partition coefficient (Wildman–Crippen LogP) is 2.83. The van der Waals surface area contributed by atoms with Gasteiger partial charge < -0.3 is 9.52 Å². The molecule has 1 unspecified atom stereocenters. The molecule has 0 amide bonds. The minimum atomic E-state index is -3.65. The van der Waals surface area contributed by atoms with Gasteiger partial charge in [-0.3, -0.25) is 0 Å². The summed E-state index contributed by atoms with van der Waals surface area (Å²) in [4.78, 5) is 11.2. The Hall–Kier alpha value is -2.12. The topological polar surface area (TPSA) is 96.6 Å². The fourth-order valence-electron chi connectivity index (χ4n) is 2.76. The third-order valence-corrected chi connectivity index (χ3v) is 5.52. The number of aromatic carboxylic acids is 1. The number of sulfonamides is 1. The summed E-state index contributed by atoms with van der Waals surface area (Å²) in [6, 6.07) is 4.27. The zero-order chi connectivity index (χ0) is 16.6. The maximum atomic E-state index is 12.5. The first-order valence-corrected chi connectivity index (χ1v) is 8.80. The molecule has 0 radical (unpaired) electrons. The highest BCUT2D eigenvalue weighted by molar-refractivity contribution is 7.89. The molecular weight excluding hydrogens is 318 g/mol. The Bertz CT molecular complexity index is 895. The number of carboxylic acids is 1. The first-order chi connectivity index (χ1) is 10.9. The molecule has 0 saturated carbocycles. The van der Waals surface area contributed by atoms with Crippen LogP contribution >= 0.6 is 0 Å². The van der Waals surface area contributed by atoms with Crippen molar-refractivity contribution in [3.05, 3.63) is 41.7 Å². The van der Waals surface area contributed by atoms with Crippen molar-refractivity contribution >= 4 is 27.0 Å².